The van der Waals surface area contributed by atoms with Gasteiger partial charge in [-0.15, -0.1) is 0 Å². The van der Waals surface area contributed by atoms with Gasteiger partial charge >= 0.3 is 0 Å². The van der Waals surface area contributed by atoms with Crippen molar-refractivity contribution >= 4 is 11.8 Å². The summed E-state index contributed by atoms with van der Waals surface area (Å²) >= 11 is 0. The molecule has 1 atom stereocenters. The molecule has 1 aliphatic heterocycles. The van der Waals surface area contributed by atoms with Gasteiger partial charge in [0.05, 0.1) is 6.54 Å². The predicted molar refractivity (Wildman–Crippen MR) is 120 cm³/mol. The second kappa shape index (κ2) is 10.4. The second-order valence-electron chi connectivity index (χ2n) is 8.07. The summed E-state index contributed by atoms with van der Waals surface area (Å²) in [7, 11) is 0. The van der Waals surface area contributed by atoms with Gasteiger partial charge in [0.25, 0.3) is 0 Å². The van der Waals surface area contributed by atoms with Crippen molar-refractivity contribution in [1.82, 2.24) is 20.6 Å². The number of halogens is 1. The van der Waals surface area contributed by atoms with Crippen molar-refractivity contribution in [2.75, 3.05) is 24.5 Å². The lowest BCUT2D eigenvalue weighted by atomic mass is 10.2. The van der Waals surface area contributed by atoms with Crippen LogP contribution in [-0.4, -0.2) is 47.7 Å². The van der Waals surface area contributed by atoms with Gasteiger partial charge < -0.3 is 20.3 Å². The summed E-state index contributed by atoms with van der Waals surface area (Å²) < 4.78 is 20.2. The third kappa shape index (κ3) is 5.62. The van der Waals surface area contributed by atoms with E-state index in [9.17, 15) is 4.39 Å². The number of hydrogen-bond acceptors (Lipinski definition) is 5. The van der Waals surface area contributed by atoms with Crippen molar-refractivity contribution in [3.8, 4) is 5.88 Å². The summed E-state index contributed by atoms with van der Waals surface area (Å²) in [4.78, 5) is 15.4. The van der Waals surface area contributed by atoms with Gasteiger partial charge in [0.2, 0.25) is 5.88 Å². The average Bonchev–Trinajstić information content (AvgIpc) is 3.46. The summed E-state index contributed by atoms with van der Waals surface area (Å²) in [6, 6.07) is 7.17. The molecule has 7 nitrogen and oxygen atoms in total. The van der Waals surface area contributed by atoms with E-state index in [1.165, 1.54) is 18.9 Å². The SMILES string of the molecule is CCNC(=NCc1cccnc1OC1CCCC1)NC1CCN(c2ncccc2F)C1. The molecule has 2 aromatic heterocycles. The van der Waals surface area contributed by atoms with Gasteiger partial charge in [-0.2, -0.15) is 0 Å². The molecule has 2 N–H and O–H groups in total. The molecule has 2 aromatic rings. The van der Waals surface area contributed by atoms with Crippen molar-refractivity contribution in [2.24, 2.45) is 4.99 Å². The minimum atomic E-state index is -0.282. The molecule has 0 spiro atoms. The normalized spacial score (nSPS) is 19.6. The highest BCUT2D eigenvalue weighted by atomic mass is 19.1. The maximum atomic E-state index is 14.1. The van der Waals surface area contributed by atoms with Gasteiger partial charge in [-0.3, -0.25) is 0 Å². The first-order chi connectivity index (χ1) is 15.2. The standard InChI is InChI=1S/C23H31FN6O/c1-2-25-23(29-18-11-14-30(16-18)21-20(24)10-6-12-26-21)28-15-17-7-5-13-27-22(17)31-19-8-3-4-9-19/h5-7,10,12-13,18-19H,2-4,8-9,11,14-16H2,1H3,(H2,25,28,29). The number of rotatable bonds is 7. The topological polar surface area (TPSA) is 74.7 Å². The minimum Gasteiger partial charge on any atom is -0.474 e. The Labute approximate surface area is 183 Å². The number of pyridine rings is 2. The highest BCUT2D eigenvalue weighted by molar-refractivity contribution is 5.80. The fraction of sp³-hybridized carbons (Fsp3) is 0.522. The summed E-state index contributed by atoms with van der Waals surface area (Å²) in [5.41, 5.74) is 0.982. The van der Waals surface area contributed by atoms with E-state index in [0.717, 1.165) is 43.9 Å². The third-order valence-corrected chi connectivity index (χ3v) is 5.75. The first kappa shape index (κ1) is 21.3. The summed E-state index contributed by atoms with van der Waals surface area (Å²) in [5.74, 6) is 1.56. The van der Waals surface area contributed by atoms with Crippen molar-refractivity contribution in [3.05, 3.63) is 48.0 Å². The summed E-state index contributed by atoms with van der Waals surface area (Å²) in [6.45, 7) is 4.72. The number of anilines is 1. The number of ether oxygens (including phenoxy) is 1. The molecule has 4 rings (SSSR count). The molecule has 1 saturated carbocycles. The number of aliphatic imine (C=N–C) groups is 1. The Balaban J connectivity index is 1.38. The van der Waals surface area contributed by atoms with Crippen molar-refractivity contribution in [2.45, 2.75) is 57.7 Å². The Morgan fingerprint density at radius 3 is 2.81 bits per heavy atom. The fourth-order valence-electron chi connectivity index (χ4n) is 4.17. The molecule has 31 heavy (non-hydrogen) atoms. The molecule has 3 heterocycles. The zero-order valence-electron chi connectivity index (χ0n) is 18.1. The Hall–Kier alpha value is -2.90. The smallest absolute Gasteiger partial charge is 0.218 e. The highest BCUT2D eigenvalue weighted by Crippen LogP contribution is 2.25. The van der Waals surface area contributed by atoms with Gasteiger partial charge in [0.15, 0.2) is 17.6 Å². The second-order valence-corrected chi connectivity index (χ2v) is 8.07. The van der Waals surface area contributed by atoms with Crippen LogP contribution < -0.4 is 20.3 Å². The van der Waals surface area contributed by atoms with Gasteiger partial charge in [-0.05, 0) is 57.2 Å². The Bertz CT molecular complexity index is 886. The quantitative estimate of drug-likeness (QED) is 0.523. The first-order valence-electron chi connectivity index (χ1n) is 11.2. The highest BCUT2D eigenvalue weighted by Gasteiger charge is 2.26. The number of guanidine groups is 1. The van der Waals surface area contributed by atoms with Crippen LogP contribution in [0.2, 0.25) is 0 Å². The minimum absolute atomic E-state index is 0.169. The molecule has 0 radical (unpaired) electrons. The van der Waals surface area contributed by atoms with E-state index in [2.05, 4.69) is 20.6 Å². The third-order valence-electron chi connectivity index (χ3n) is 5.75. The Kier molecular flexibility index (Phi) is 7.17. The van der Waals surface area contributed by atoms with Crippen LogP contribution in [0.4, 0.5) is 10.2 Å². The molecule has 0 aromatic carbocycles. The van der Waals surface area contributed by atoms with Gasteiger partial charge in [0, 0.05) is 43.6 Å². The molecule has 1 unspecified atom stereocenters. The van der Waals surface area contributed by atoms with E-state index in [4.69, 9.17) is 9.73 Å². The van der Waals surface area contributed by atoms with Crippen LogP contribution in [0.3, 0.4) is 0 Å². The van der Waals surface area contributed by atoms with E-state index >= 15 is 0 Å². The summed E-state index contributed by atoms with van der Waals surface area (Å²) in [6.07, 6.45) is 9.19. The molecule has 1 saturated heterocycles. The largest absolute Gasteiger partial charge is 0.474 e. The average molecular weight is 427 g/mol. The van der Waals surface area contributed by atoms with Crippen LogP contribution in [0.25, 0.3) is 0 Å². The first-order valence-corrected chi connectivity index (χ1v) is 11.2. The molecule has 1 aliphatic carbocycles. The molecular weight excluding hydrogens is 395 g/mol. The van der Waals surface area contributed by atoms with Crippen LogP contribution in [0, 0.1) is 5.82 Å². The van der Waals surface area contributed by atoms with Crippen LogP contribution in [0.5, 0.6) is 5.88 Å². The van der Waals surface area contributed by atoms with E-state index in [1.54, 1.807) is 18.5 Å². The Morgan fingerprint density at radius 1 is 1.19 bits per heavy atom. The van der Waals surface area contributed by atoms with E-state index in [1.807, 2.05) is 24.0 Å². The zero-order valence-corrected chi connectivity index (χ0v) is 18.1. The van der Waals surface area contributed by atoms with Gasteiger partial charge in [-0.25, -0.2) is 19.4 Å². The maximum Gasteiger partial charge on any atom is 0.218 e. The monoisotopic (exact) mass is 426 g/mol. The van der Waals surface area contributed by atoms with E-state index in [0.29, 0.717) is 24.8 Å². The number of nitrogens with one attached hydrogen (secondary N) is 2. The lowest BCUT2D eigenvalue weighted by Crippen LogP contribution is -2.44. The molecule has 8 heteroatoms. The van der Waals surface area contributed by atoms with Gasteiger partial charge in [0.1, 0.15) is 6.10 Å². The maximum absolute atomic E-state index is 14.1. The van der Waals surface area contributed by atoms with Gasteiger partial charge in [-0.1, -0.05) is 6.07 Å². The van der Waals surface area contributed by atoms with E-state index in [-0.39, 0.29) is 18.0 Å². The van der Waals surface area contributed by atoms with Crippen molar-refractivity contribution in [1.29, 1.82) is 0 Å². The predicted octanol–water partition coefficient (Wildman–Crippen LogP) is 3.27. The fourth-order valence-corrected chi connectivity index (χ4v) is 4.17. The van der Waals surface area contributed by atoms with E-state index < -0.39 is 0 Å². The van der Waals surface area contributed by atoms with Crippen LogP contribution in [0.15, 0.2) is 41.7 Å². The molecule has 2 fully saturated rings. The number of hydrogen-bond donors (Lipinski definition) is 2. The molecular formula is C23H31FN6O. The zero-order chi connectivity index (χ0) is 21.5. The molecule has 2 aliphatic rings. The van der Waals surface area contributed by atoms with Crippen LogP contribution in [-0.2, 0) is 6.54 Å². The molecule has 0 bridgehead atoms. The van der Waals surface area contributed by atoms with Crippen molar-refractivity contribution in [3.63, 3.8) is 0 Å². The van der Waals surface area contributed by atoms with Crippen LogP contribution >= 0.6 is 0 Å². The Morgan fingerprint density at radius 2 is 2.00 bits per heavy atom. The number of aromatic nitrogens is 2. The lowest BCUT2D eigenvalue weighted by Gasteiger charge is -2.20. The molecule has 166 valence electrons. The lowest BCUT2D eigenvalue weighted by molar-refractivity contribution is 0.199. The summed E-state index contributed by atoms with van der Waals surface area (Å²) in [5, 5.41) is 6.79. The van der Waals surface area contributed by atoms with Crippen LogP contribution in [0.1, 0.15) is 44.6 Å². The number of nitrogens with zero attached hydrogens (tertiary/aromatic N) is 4. The van der Waals surface area contributed by atoms with Crippen molar-refractivity contribution < 1.29 is 9.13 Å². The molecule has 0 amide bonds.